The summed E-state index contributed by atoms with van der Waals surface area (Å²) in [5, 5.41) is 9.66. The van der Waals surface area contributed by atoms with E-state index in [9.17, 15) is 10.1 Å². The van der Waals surface area contributed by atoms with Gasteiger partial charge in [0.05, 0.1) is 12.0 Å². The van der Waals surface area contributed by atoms with Gasteiger partial charge in [0, 0.05) is 19.0 Å². The normalized spacial score (nSPS) is 29.4. The van der Waals surface area contributed by atoms with Crippen LogP contribution < -0.4 is 0 Å². The third-order valence-electron chi connectivity index (χ3n) is 5.61. The summed E-state index contributed by atoms with van der Waals surface area (Å²) >= 11 is 0. The van der Waals surface area contributed by atoms with Gasteiger partial charge in [0.2, 0.25) is 0 Å². The van der Waals surface area contributed by atoms with E-state index in [4.69, 9.17) is 0 Å². The Bertz CT molecular complexity index is 780. The fraction of sp³-hybridized carbons (Fsp3) is 0.333. The van der Waals surface area contributed by atoms with Gasteiger partial charge in [-0.1, -0.05) is 60.7 Å². The zero-order valence-electron chi connectivity index (χ0n) is 13.6. The first-order valence-electron chi connectivity index (χ1n) is 8.55. The Morgan fingerprint density at radius 2 is 1.75 bits per heavy atom. The van der Waals surface area contributed by atoms with Crippen LogP contribution in [0.4, 0.5) is 0 Å². The second-order valence-electron chi connectivity index (χ2n) is 6.81. The van der Waals surface area contributed by atoms with Crippen molar-refractivity contribution in [2.24, 2.45) is 5.92 Å². The third kappa shape index (κ3) is 2.18. The standard InChI is InChI=1S/C21H20N2O/c22-14-17-13-21(18-9-5-2-6-10-18)20(24)12-11-19(17)23(21)15-16-7-3-1-4-8-16/h1-10,17,19H,11-13,15H2/t17-,19+,21-/m1/s1. The Morgan fingerprint density at radius 1 is 1.08 bits per heavy atom. The highest BCUT2D eigenvalue weighted by molar-refractivity contribution is 5.91. The highest BCUT2D eigenvalue weighted by Gasteiger charge is 2.59. The molecule has 2 heterocycles. The van der Waals surface area contributed by atoms with Crippen LogP contribution in [0.2, 0.25) is 0 Å². The van der Waals surface area contributed by atoms with Gasteiger partial charge >= 0.3 is 0 Å². The van der Waals surface area contributed by atoms with E-state index >= 15 is 0 Å². The molecule has 0 spiro atoms. The minimum atomic E-state index is -0.638. The largest absolute Gasteiger partial charge is 0.297 e. The van der Waals surface area contributed by atoms with Gasteiger partial charge in [-0.15, -0.1) is 0 Å². The van der Waals surface area contributed by atoms with Crippen molar-refractivity contribution in [2.75, 3.05) is 0 Å². The van der Waals surface area contributed by atoms with Crippen molar-refractivity contribution in [1.82, 2.24) is 4.90 Å². The number of Topliss-reactive ketones (excluding diaryl/α,β-unsaturated/α-hetero) is 1. The van der Waals surface area contributed by atoms with Gasteiger partial charge in [0.1, 0.15) is 5.54 Å². The summed E-state index contributed by atoms with van der Waals surface area (Å²) in [5.74, 6) is 0.180. The summed E-state index contributed by atoms with van der Waals surface area (Å²) in [6.07, 6.45) is 1.98. The van der Waals surface area contributed by atoms with Crippen molar-refractivity contribution >= 4 is 5.78 Å². The van der Waals surface area contributed by atoms with Gasteiger partial charge in [-0.05, 0) is 24.0 Å². The maximum atomic E-state index is 13.1. The lowest BCUT2D eigenvalue weighted by atomic mass is 9.79. The van der Waals surface area contributed by atoms with Gasteiger partial charge in [-0.2, -0.15) is 5.26 Å². The predicted molar refractivity (Wildman–Crippen MR) is 91.9 cm³/mol. The van der Waals surface area contributed by atoms with Crippen LogP contribution in [0.3, 0.4) is 0 Å². The SMILES string of the molecule is N#C[C@H]1C[C@@]2(c3ccccc3)C(=O)CC[C@@H]1N2Cc1ccccc1. The van der Waals surface area contributed by atoms with Crippen molar-refractivity contribution < 1.29 is 4.79 Å². The number of hydrogen-bond acceptors (Lipinski definition) is 3. The smallest absolute Gasteiger partial charge is 0.157 e. The van der Waals surface area contributed by atoms with Crippen molar-refractivity contribution in [1.29, 1.82) is 5.26 Å². The summed E-state index contributed by atoms with van der Waals surface area (Å²) in [6, 6.07) is 22.9. The van der Waals surface area contributed by atoms with E-state index in [0.717, 1.165) is 12.0 Å². The van der Waals surface area contributed by atoms with Gasteiger partial charge in [0.15, 0.2) is 5.78 Å². The molecule has 120 valence electrons. The quantitative estimate of drug-likeness (QED) is 0.868. The highest BCUT2D eigenvalue weighted by Crippen LogP contribution is 2.51. The molecule has 2 bridgehead atoms. The topological polar surface area (TPSA) is 44.1 Å². The fourth-order valence-electron chi connectivity index (χ4n) is 4.51. The van der Waals surface area contributed by atoms with Crippen molar-refractivity contribution in [2.45, 2.75) is 37.4 Å². The molecule has 3 nitrogen and oxygen atoms in total. The molecule has 3 heteroatoms. The van der Waals surface area contributed by atoms with Crippen LogP contribution in [0.1, 0.15) is 30.4 Å². The molecule has 0 unspecified atom stereocenters. The van der Waals surface area contributed by atoms with Crippen molar-refractivity contribution in [3.63, 3.8) is 0 Å². The number of carbonyl (C=O) groups excluding carboxylic acids is 1. The number of carbonyl (C=O) groups is 1. The number of benzene rings is 2. The fourth-order valence-corrected chi connectivity index (χ4v) is 4.51. The summed E-state index contributed by atoms with van der Waals surface area (Å²) in [6.45, 7) is 0.713. The average Bonchev–Trinajstić information content (AvgIpc) is 2.86. The highest BCUT2D eigenvalue weighted by atomic mass is 16.1. The van der Waals surface area contributed by atoms with E-state index in [0.29, 0.717) is 19.4 Å². The molecule has 0 aromatic heterocycles. The minimum Gasteiger partial charge on any atom is -0.297 e. The first kappa shape index (κ1) is 15.1. The van der Waals surface area contributed by atoms with Crippen molar-refractivity contribution in [3.05, 3.63) is 71.8 Å². The van der Waals surface area contributed by atoms with Crippen LogP contribution in [0.15, 0.2) is 60.7 Å². The summed E-state index contributed by atoms with van der Waals surface area (Å²) in [4.78, 5) is 15.4. The van der Waals surface area contributed by atoms with Gasteiger partial charge in [-0.25, -0.2) is 0 Å². The predicted octanol–water partition coefficient (Wildman–Crippen LogP) is 3.66. The number of nitriles is 1. The van der Waals surface area contributed by atoms with E-state index in [1.807, 2.05) is 48.5 Å². The molecule has 3 atom stereocenters. The molecule has 2 saturated heterocycles. The summed E-state index contributed by atoms with van der Waals surface area (Å²) in [7, 11) is 0. The molecule has 2 aromatic rings. The monoisotopic (exact) mass is 316 g/mol. The first-order chi connectivity index (χ1) is 11.8. The maximum absolute atomic E-state index is 13.1. The van der Waals surface area contributed by atoms with Gasteiger partial charge < -0.3 is 0 Å². The number of piperidine rings is 1. The number of rotatable bonds is 3. The molecule has 0 amide bonds. The molecule has 4 rings (SSSR count). The van der Waals surface area contributed by atoms with E-state index in [2.05, 4.69) is 23.1 Å². The Morgan fingerprint density at radius 3 is 2.42 bits per heavy atom. The van der Waals surface area contributed by atoms with Gasteiger partial charge in [-0.3, -0.25) is 9.69 Å². The zero-order chi connectivity index (χ0) is 16.6. The lowest BCUT2D eigenvalue weighted by Crippen LogP contribution is -2.53. The second-order valence-corrected chi connectivity index (χ2v) is 6.81. The minimum absolute atomic E-state index is 0.0830. The summed E-state index contributed by atoms with van der Waals surface area (Å²) < 4.78 is 0. The first-order valence-corrected chi connectivity index (χ1v) is 8.55. The van der Waals surface area contributed by atoms with Crippen LogP contribution in [0.25, 0.3) is 0 Å². The number of ketones is 1. The zero-order valence-corrected chi connectivity index (χ0v) is 13.6. The molecule has 0 N–H and O–H groups in total. The molecule has 2 aliphatic heterocycles. The molecule has 2 fully saturated rings. The molecular weight excluding hydrogens is 296 g/mol. The number of fused-ring (bicyclic) bond motifs is 2. The average molecular weight is 316 g/mol. The van der Waals surface area contributed by atoms with E-state index in [1.54, 1.807) is 0 Å². The molecule has 2 aliphatic rings. The molecule has 0 radical (unpaired) electrons. The van der Waals surface area contributed by atoms with Crippen molar-refractivity contribution in [3.8, 4) is 6.07 Å². The van der Waals surface area contributed by atoms with Crippen LogP contribution in [0, 0.1) is 17.2 Å². The van der Waals surface area contributed by atoms with E-state index < -0.39 is 5.54 Å². The van der Waals surface area contributed by atoms with Crippen LogP contribution >= 0.6 is 0 Å². The Labute approximate surface area is 142 Å². The second kappa shape index (κ2) is 5.89. The Kier molecular flexibility index (Phi) is 3.70. The molecule has 24 heavy (non-hydrogen) atoms. The lowest BCUT2D eigenvalue weighted by Gasteiger charge is -2.44. The lowest BCUT2D eigenvalue weighted by molar-refractivity contribution is -0.135. The molecular formula is C21H20N2O. The molecule has 0 saturated carbocycles. The van der Waals surface area contributed by atoms with Crippen LogP contribution in [-0.4, -0.2) is 16.7 Å². The van der Waals surface area contributed by atoms with Crippen LogP contribution in [-0.2, 0) is 16.9 Å². The molecule has 2 aromatic carbocycles. The Balaban J connectivity index is 1.82. The molecule has 0 aliphatic carbocycles. The number of nitrogens with zero attached hydrogens (tertiary/aromatic N) is 2. The Hall–Kier alpha value is -2.44. The van der Waals surface area contributed by atoms with Gasteiger partial charge in [0.25, 0.3) is 0 Å². The van der Waals surface area contributed by atoms with Crippen LogP contribution in [0.5, 0.6) is 0 Å². The maximum Gasteiger partial charge on any atom is 0.157 e. The number of hydrogen-bond donors (Lipinski definition) is 0. The van der Waals surface area contributed by atoms with E-state index in [-0.39, 0.29) is 17.7 Å². The third-order valence-corrected chi connectivity index (χ3v) is 5.61. The summed E-state index contributed by atoms with van der Waals surface area (Å²) in [5.41, 5.74) is 1.59. The van der Waals surface area contributed by atoms with E-state index in [1.165, 1.54) is 5.56 Å².